The van der Waals surface area contributed by atoms with Gasteiger partial charge >= 0.3 is 5.97 Å². The number of para-hydroxylation sites is 1. The molecule has 0 aromatic heterocycles. The standard InChI is InChI=1S/C17H21NO2/c1-12-9-13(2)15-7-5-6-8-16(15)18(3)11-14(10-12)17(19)20-4/h5-8,10-11,13H,9H2,1-4H3/b12-10-,14-11+. The van der Waals surface area contributed by atoms with Crippen molar-refractivity contribution >= 4 is 11.7 Å². The van der Waals surface area contributed by atoms with Gasteiger partial charge < -0.3 is 9.64 Å². The summed E-state index contributed by atoms with van der Waals surface area (Å²) in [7, 11) is 3.37. The van der Waals surface area contributed by atoms with Crippen molar-refractivity contribution in [1.82, 2.24) is 0 Å². The molecule has 1 aliphatic heterocycles. The van der Waals surface area contributed by atoms with E-state index in [1.807, 2.05) is 30.3 Å². The highest BCUT2D eigenvalue weighted by molar-refractivity contribution is 5.92. The van der Waals surface area contributed by atoms with E-state index in [-0.39, 0.29) is 5.97 Å². The molecule has 1 heterocycles. The number of hydrogen-bond donors (Lipinski definition) is 0. The van der Waals surface area contributed by atoms with Crippen LogP contribution in [0.15, 0.2) is 47.7 Å². The molecule has 0 spiro atoms. The Morgan fingerprint density at radius 2 is 2.05 bits per heavy atom. The molecule has 0 saturated heterocycles. The SMILES string of the molecule is COC(=O)C1=C/N(C)c2ccccc2C(C)C/C(C)=C\1. The van der Waals surface area contributed by atoms with Gasteiger partial charge in [0.2, 0.25) is 0 Å². The molecule has 0 fully saturated rings. The van der Waals surface area contributed by atoms with Gasteiger partial charge in [0.05, 0.1) is 12.7 Å². The van der Waals surface area contributed by atoms with Gasteiger partial charge in [-0.1, -0.05) is 30.7 Å². The molecule has 0 aliphatic carbocycles. The third kappa shape index (κ3) is 2.93. The summed E-state index contributed by atoms with van der Waals surface area (Å²) < 4.78 is 4.86. The number of carbonyl (C=O) groups is 1. The second-order valence-corrected chi connectivity index (χ2v) is 5.34. The Morgan fingerprint density at radius 3 is 2.75 bits per heavy atom. The number of rotatable bonds is 1. The molecule has 0 saturated carbocycles. The Kier molecular flexibility index (Phi) is 4.28. The molecule has 0 bridgehead atoms. The Balaban J connectivity index is 2.54. The van der Waals surface area contributed by atoms with Gasteiger partial charge in [-0.05, 0) is 37.0 Å². The third-order valence-corrected chi connectivity index (χ3v) is 3.63. The fourth-order valence-corrected chi connectivity index (χ4v) is 2.69. The summed E-state index contributed by atoms with van der Waals surface area (Å²) in [5.74, 6) is 0.110. The lowest BCUT2D eigenvalue weighted by Crippen LogP contribution is -2.14. The van der Waals surface area contributed by atoms with E-state index in [9.17, 15) is 4.79 Å². The van der Waals surface area contributed by atoms with E-state index in [0.29, 0.717) is 11.5 Å². The van der Waals surface area contributed by atoms with Crippen molar-refractivity contribution in [2.45, 2.75) is 26.2 Å². The van der Waals surface area contributed by atoms with Crippen molar-refractivity contribution in [3.8, 4) is 0 Å². The molecule has 1 unspecified atom stereocenters. The normalized spacial score (nSPS) is 24.2. The van der Waals surface area contributed by atoms with Crippen molar-refractivity contribution in [1.29, 1.82) is 0 Å². The maximum atomic E-state index is 11.9. The van der Waals surface area contributed by atoms with Crippen LogP contribution >= 0.6 is 0 Å². The van der Waals surface area contributed by atoms with Crippen LogP contribution in [0.2, 0.25) is 0 Å². The zero-order chi connectivity index (χ0) is 14.7. The van der Waals surface area contributed by atoms with Crippen molar-refractivity contribution in [2.75, 3.05) is 19.1 Å². The molecule has 0 N–H and O–H groups in total. The van der Waals surface area contributed by atoms with Crippen LogP contribution in [0.3, 0.4) is 0 Å². The number of benzene rings is 1. The number of allylic oxidation sites excluding steroid dienone is 1. The Morgan fingerprint density at radius 1 is 1.35 bits per heavy atom. The Hall–Kier alpha value is -2.03. The van der Waals surface area contributed by atoms with Gasteiger partial charge in [-0.15, -0.1) is 0 Å². The minimum Gasteiger partial charge on any atom is -0.465 e. The molecular formula is C17H21NO2. The number of hydrogen-bond acceptors (Lipinski definition) is 3. The Labute approximate surface area is 120 Å². The number of fused-ring (bicyclic) bond motifs is 1. The maximum Gasteiger partial charge on any atom is 0.339 e. The van der Waals surface area contributed by atoms with Crippen molar-refractivity contribution in [3.05, 3.63) is 53.3 Å². The van der Waals surface area contributed by atoms with Crippen LogP contribution in [0.5, 0.6) is 0 Å². The topological polar surface area (TPSA) is 29.5 Å². The van der Waals surface area contributed by atoms with E-state index >= 15 is 0 Å². The zero-order valence-corrected chi connectivity index (χ0v) is 12.5. The summed E-state index contributed by atoms with van der Waals surface area (Å²) in [6.07, 6.45) is 4.69. The van der Waals surface area contributed by atoms with Gasteiger partial charge in [0.1, 0.15) is 0 Å². The van der Waals surface area contributed by atoms with E-state index in [1.165, 1.54) is 18.2 Å². The highest BCUT2D eigenvalue weighted by Gasteiger charge is 2.17. The lowest BCUT2D eigenvalue weighted by atomic mass is 9.92. The first-order valence-electron chi connectivity index (χ1n) is 6.82. The first-order chi connectivity index (χ1) is 9.52. The number of esters is 1. The second kappa shape index (κ2) is 5.95. The number of methoxy groups -OCH3 is 1. The van der Waals surface area contributed by atoms with Crippen molar-refractivity contribution < 1.29 is 9.53 Å². The molecule has 0 amide bonds. The smallest absolute Gasteiger partial charge is 0.339 e. The third-order valence-electron chi connectivity index (χ3n) is 3.63. The molecule has 3 nitrogen and oxygen atoms in total. The lowest BCUT2D eigenvalue weighted by molar-refractivity contribution is -0.135. The molecule has 106 valence electrons. The van der Waals surface area contributed by atoms with Crippen LogP contribution in [0.4, 0.5) is 5.69 Å². The van der Waals surface area contributed by atoms with Gasteiger partial charge in [-0.3, -0.25) is 0 Å². The second-order valence-electron chi connectivity index (χ2n) is 5.34. The largest absolute Gasteiger partial charge is 0.465 e. The van der Waals surface area contributed by atoms with Crippen LogP contribution in [0.25, 0.3) is 0 Å². The number of carbonyl (C=O) groups excluding carboxylic acids is 1. The zero-order valence-electron chi connectivity index (χ0n) is 12.5. The van der Waals surface area contributed by atoms with Gasteiger partial charge in [0.15, 0.2) is 0 Å². The molecule has 1 aromatic rings. The summed E-state index contributed by atoms with van der Waals surface area (Å²) in [6.45, 7) is 4.27. The minimum absolute atomic E-state index is 0.303. The highest BCUT2D eigenvalue weighted by Crippen LogP contribution is 2.33. The monoisotopic (exact) mass is 271 g/mol. The van der Waals surface area contributed by atoms with E-state index < -0.39 is 0 Å². The molecule has 3 heteroatoms. The first-order valence-corrected chi connectivity index (χ1v) is 6.82. The Bertz CT molecular complexity index is 572. The molecule has 0 radical (unpaired) electrons. The molecule has 1 atom stereocenters. The molecule has 1 aromatic carbocycles. The van der Waals surface area contributed by atoms with E-state index in [1.54, 1.807) is 0 Å². The van der Waals surface area contributed by atoms with Crippen LogP contribution in [0.1, 0.15) is 31.7 Å². The number of ether oxygens (including phenoxy) is 1. The molecule has 2 rings (SSSR count). The molecule has 20 heavy (non-hydrogen) atoms. The predicted octanol–water partition coefficient (Wildman–Crippen LogP) is 3.63. The number of anilines is 1. The minimum atomic E-state index is -0.303. The summed E-state index contributed by atoms with van der Waals surface area (Å²) >= 11 is 0. The van der Waals surface area contributed by atoms with Crippen LogP contribution < -0.4 is 4.90 Å². The van der Waals surface area contributed by atoms with Crippen molar-refractivity contribution in [3.63, 3.8) is 0 Å². The van der Waals surface area contributed by atoms with Gasteiger partial charge in [-0.25, -0.2) is 4.79 Å². The van der Waals surface area contributed by atoms with E-state index in [4.69, 9.17) is 4.74 Å². The summed E-state index contributed by atoms with van der Waals surface area (Å²) in [4.78, 5) is 13.9. The van der Waals surface area contributed by atoms with Gasteiger partial charge in [-0.2, -0.15) is 0 Å². The van der Waals surface area contributed by atoms with E-state index in [0.717, 1.165) is 12.1 Å². The summed E-state index contributed by atoms with van der Waals surface area (Å²) in [5, 5.41) is 0. The maximum absolute atomic E-state index is 11.9. The van der Waals surface area contributed by atoms with Crippen LogP contribution in [-0.2, 0) is 9.53 Å². The van der Waals surface area contributed by atoms with Crippen LogP contribution in [-0.4, -0.2) is 20.1 Å². The van der Waals surface area contributed by atoms with Crippen LogP contribution in [0, 0.1) is 0 Å². The average Bonchev–Trinajstić information content (AvgIpc) is 2.48. The average molecular weight is 271 g/mol. The first kappa shape index (κ1) is 14.4. The molecule has 1 aliphatic rings. The highest BCUT2D eigenvalue weighted by atomic mass is 16.5. The fraction of sp³-hybridized carbons (Fsp3) is 0.353. The fourth-order valence-electron chi connectivity index (χ4n) is 2.69. The van der Waals surface area contributed by atoms with Gasteiger partial charge in [0, 0.05) is 18.9 Å². The van der Waals surface area contributed by atoms with Gasteiger partial charge in [0.25, 0.3) is 0 Å². The predicted molar refractivity (Wildman–Crippen MR) is 81.7 cm³/mol. The quantitative estimate of drug-likeness (QED) is 0.730. The number of nitrogens with zero attached hydrogens (tertiary/aromatic N) is 1. The molecular weight excluding hydrogens is 250 g/mol. The summed E-state index contributed by atoms with van der Waals surface area (Å²) in [5.41, 5.74) is 4.19. The summed E-state index contributed by atoms with van der Waals surface area (Å²) in [6, 6.07) is 8.32. The van der Waals surface area contributed by atoms with Crippen molar-refractivity contribution in [2.24, 2.45) is 0 Å². The van der Waals surface area contributed by atoms with E-state index in [2.05, 4.69) is 32.0 Å². The lowest BCUT2D eigenvalue weighted by Gasteiger charge is -2.21.